The van der Waals surface area contributed by atoms with Crippen LogP contribution in [0.1, 0.15) is 52.9 Å². The average molecular weight is 281 g/mol. The van der Waals surface area contributed by atoms with E-state index in [0.717, 1.165) is 18.0 Å². The van der Waals surface area contributed by atoms with E-state index < -0.39 is 0 Å². The van der Waals surface area contributed by atoms with E-state index in [4.69, 9.17) is 0 Å². The molecule has 3 heteroatoms. The molecule has 0 aromatic rings. The average Bonchev–Trinajstić information content (AvgIpc) is 2.49. The Balaban J connectivity index is 1.55. The molecular weight excluding hydrogens is 246 g/mol. The topological polar surface area (TPSA) is 18.5 Å². The molecule has 2 aliphatic rings. The van der Waals surface area contributed by atoms with Crippen molar-refractivity contribution in [2.45, 2.75) is 65.0 Å². The lowest BCUT2D eigenvalue weighted by molar-refractivity contribution is 0.100. The summed E-state index contributed by atoms with van der Waals surface area (Å²) in [6.07, 6.45) is 6.91. The second-order valence-corrected chi connectivity index (χ2v) is 7.05. The van der Waals surface area contributed by atoms with Crippen molar-refractivity contribution in [1.29, 1.82) is 0 Å². The third-order valence-electron chi connectivity index (χ3n) is 5.50. The zero-order valence-electron chi connectivity index (χ0n) is 13.9. The Hall–Kier alpha value is -0.120. The lowest BCUT2D eigenvalue weighted by Gasteiger charge is -2.38. The minimum atomic E-state index is 0.763. The molecule has 0 aromatic carbocycles. The zero-order valence-corrected chi connectivity index (χ0v) is 13.9. The van der Waals surface area contributed by atoms with Crippen LogP contribution >= 0.6 is 0 Å². The summed E-state index contributed by atoms with van der Waals surface area (Å²) in [4.78, 5) is 5.28. The van der Waals surface area contributed by atoms with Crippen LogP contribution < -0.4 is 5.32 Å². The third-order valence-corrected chi connectivity index (χ3v) is 5.50. The molecular formula is C17H35N3. The highest BCUT2D eigenvalue weighted by Crippen LogP contribution is 2.23. The number of nitrogens with one attached hydrogen (secondary N) is 1. The molecule has 1 aliphatic heterocycles. The van der Waals surface area contributed by atoms with Crippen LogP contribution in [0, 0.1) is 5.92 Å². The minimum Gasteiger partial charge on any atom is -0.313 e. The minimum absolute atomic E-state index is 0.763. The predicted molar refractivity (Wildman–Crippen MR) is 87.2 cm³/mol. The monoisotopic (exact) mass is 281 g/mol. The Morgan fingerprint density at radius 2 is 1.70 bits per heavy atom. The van der Waals surface area contributed by atoms with Crippen LogP contribution in [0.4, 0.5) is 0 Å². The fourth-order valence-electron chi connectivity index (χ4n) is 3.58. The van der Waals surface area contributed by atoms with Gasteiger partial charge in [0.1, 0.15) is 0 Å². The third kappa shape index (κ3) is 5.01. The molecule has 1 N–H and O–H groups in total. The Bertz CT molecular complexity index is 253. The second-order valence-electron chi connectivity index (χ2n) is 7.05. The van der Waals surface area contributed by atoms with Crippen molar-refractivity contribution in [3.05, 3.63) is 0 Å². The highest BCUT2D eigenvalue weighted by Gasteiger charge is 2.21. The first-order valence-corrected chi connectivity index (χ1v) is 8.88. The fourth-order valence-corrected chi connectivity index (χ4v) is 3.58. The molecule has 118 valence electrons. The van der Waals surface area contributed by atoms with Crippen molar-refractivity contribution in [2.24, 2.45) is 5.92 Å². The second kappa shape index (κ2) is 8.35. The molecule has 1 unspecified atom stereocenters. The molecule has 1 atom stereocenters. The summed E-state index contributed by atoms with van der Waals surface area (Å²) in [5.41, 5.74) is 0. The molecule has 1 heterocycles. The summed E-state index contributed by atoms with van der Waals surface area (Å²) in [6.45, 7) is 14.5. The Morgan fingerprint density at radius 3 is 2.30 bits per heavy atom. The summed E-state index contributed by atoms with van der Waals surface area (Å²) >= 11 is 0. The van der Waals surface area contributed by atoms with E-state index in [1.54, 1.807) is 0 Å². The number of hydrogen-bond donors (Lipinski definition) is 1. The van der Waals surface area contributed by atoms with Crippen LogP contribution in [0.2, 0.25) is 0 Å². The first kappa shape index (κ1) is 16.3. The quantitative estimate of drug-likeness (QED) is 0.807. The molecule has 3 nitrogen and oxygen atoms in total. The maximum absolute atomic E-state index is 3.78. The SMILES string of the molecule is CCC(C)N1CCN(CCNC2CCC(C)CC2)CC1. The number of hydrogen-bond acceptors (Lipinski definition) is 3. The van der Waals surface area contributed by atoms with E-state index in [9.17, 15) is 0 Å². The van der Waals surface area contributed by atoms with Gasteiger partial charge in [-0.3, -0.25) is 9.80 Å². The van der Waals surface area contributed by atoms with Gasteiger partial charge >= 0.3 is 0 Å². The van der Waals surface area contributed by atoms with Crippen LogP contribution in [0.3, 0.4) is 0 Å². The first-order chi connectivity index (χ1) is 9.69. The summed E-state index contributed by atoms with van der Waals surface area (Å²) < 4.78 is 0. The standard InChI is InChI=1S/C17H35N3/c1-4-16(3)20-13-11-19(12-14-20)10-9-18-17-7-5-15(2)6-8-17/h15-18H,4-14H2,1-3H3. The molecule has 0 radical (unpaired) electrons. The van der Waals surface area contributed by atoms with Gasteiger partial charge < -0.3 is 5.32 Å². The van der Waals surface area contributed by atoms with Crippen LogP contribution in [0.15, 0.2) is 0 Å². The van der Waals surface area contributed by atoms with Gasteiger partial charge in [-0.05, 0) is 44.9 Å². The largest absolute Gasteiger partial charge is 0.313 e. The van der Waals surface area contributed by atoms with Gasteiger partial charge in [-0.2, -0.15) is 0 Å². The van der Waals surface area contributed by atoms with Crippen molar-refractivity contribution in [2.75, 3.05) is 39.3 Å². The van der Waals surface area contributed by atoms with Crippen molar-refractivity contribution in [3.63, 3.8) is 0 Å². The van der Waals surface area contributed by atoms with Crippen LogP contribution in [0.25, 0.3) is 0 Å². The van der Waals surface area contributed by atoms with E-state index in [-0.39, 0.29) is 0 Å². The summed E-state index contributed by atoms with van der Waals surface area (Å²) in [7, 11) is 0. The van der Waals surface area contributed by atoms with E-state index in [1.807, 2.05) is 0 Å². The summed E-state index contributed by atoms with van der Waals surface area (Å²) in [5.74, 6) is 0.960. The summed E-state index contributed by atoms with van der Waals surface area (Å²) in [6, 6.07) is 1.56. The van der Waals surface area contributed by atoms with E-state index in [2.05, 4.69) is 35.9 Å². The van der Waals surface area contributed by atoms with Crippen LogP contribution in [-0.2, 0) is 0 Å². The van der Waals surface area contributed by atoms with Crippen molar-refractivity contribution in [1.82, 2.24) is 15.1 Å². The number of rotatable bonds is 6. The molecule has 20 heavy (non-hydrogen) atoms. The maximum Gasteiger partial charge on any atom is 0.0113 e. The van der Waals surface area contributed by atoms with Gasteiger partial charge in [-0.15, -0.1) is 0 Å². The van der Waals surface area contributed by atoms with E-state index >= 15 is 0 Å². The molecule has 2 fully saturated rings. The van der Waals surface area contributed by atoms with Crippen molar-refractivity contribution < 1.29 is 0 Å². The van der Waals surface area contributed by atoms with Gasteiger partial charge in [-0.25, -0.2) is 0 Å². The van der Waals surface area contributed by atoms with Gasteiger partial charge in [0, 0.05) is 51.4 Å². The van der Waals surface area contributed by atoms with Gasteiger partial charge in [0.2, 0.25) is 0 Å². The maximum atomic E-state index is 3.78. The molecule has 1 aliphatic carbocycles. The lowest BCUT2D eigenvalue weighted by atomic mass is 9.87. The highest BCUT2D eigenvalue weighted by atomic mass is 15.3. The molecule has 0 spiro atoms. The van der Waals surface area contributed by atoms with Crippen molar-refractivity contribution in [3.8, 4) is 0 Å². The molecule has 1 saturated carbocycles. The molecule has 1 saturated heterocycles. The smallest absolute Gasteiger partial charge is 0.0113 e. The molecule has 0 amide bonds. The van der Waals surface area contributed by atoms with E-state index in [1.165, 1.54) is 71.4 Å². The predicted octanol–water partition coefficient (Wildman–Crippen LogP) is 2.57. The Morgan fingerprint density at radius 1 is 1.05 bits per heavy atom. The van der Waals surface area contributed by atoms with Crippen LogP contribution in [-0.4, -0.2) is 61.2 Å². The first-order valence-electron chi connectivity index (χ1n) is 8.88. The normalized spacial score (nSPS) is 31.4. The molecule has 0 aromatic heterocycles. The fraction of sp³-hybridized carbons (Fsp3) is 1.00. The molecule has 2 rings (SSSR count). The van der Waals surface area contributed by atoms with Gasteiger partial charge in [-0.1, -0.05) is 13.8 Å². The van der Waals surface area contributed by atoms with Crippen LogP contribution in [0.5, 0.6) is 0 Å². The van der Waals surface area contributed by atoms with E-state index in [0.29, 0.717) is 0 Å². The Kier molecular flexibility index (Phi) is 6.79. The van der Waals surface area contributed by atoms with Gasteiger partial charge in [0.25, 0.3) is 0 Å². The number of piperazine rings is 1. The highest BCUT2D eigenvalue weighted by molar-refractivity contribution is 4.78. The lowest BCUT2D eigenvalue weighted by Crippen LogP contribution is -2.51. The van der Waals surface area contributed by atoms with Crippen molar-refractivity contribution >= 4 is 0 Å². The molecule has 0 bridgehead atoms. The zero-order chi connectivity index (χ0) is 14.4. The van der Waals surface area contributed by atoms with Gasteiger partial charge in [0.15, 0.2) is 0 Å². The number of nitrogens with zero attached hydrogens (tertiary/aromatic N) is 2. The summed E-state index contributed by atoms with van der Waals surface area (Å²) in [5, 5.41) is 3.78. The Labute approximate surface area is 126 Å². The van der Waals surface area contributed by atoms with Gasteiger partial charge in [0.05, 0.1) is 0 Å².